The number of benzene rings is 3. The van der Waals surface area contributed by atoms with Crippen molar-refractivity contribution in [1.29, 1.82) is 0 Å². The number of carbonyl (C=O) groups is 2. The summed E-state index contributed by atoms with van der Waals surface area (Å²) in [5.41, 5.74) is 5.28. The Balaban J connectivity index is 1.62. The maximum atomic E-state index is 13.4. The first kappa shape index (κ1) is 23.3. The van der Waals surface area contributed by atoms with Crippen LogP contribution >= 0.6 is 11.6 Å². The van der Waals surface area contributed by atoms with E-state index in [0.29, 0.717) is 39.1 Å². The lowest BCUT2D eigenvalue weighted by Gasteiger charge is -2.38. The lowest BCUT2D eigenvalue weighted by atomic mass is 10.0. The number of hydrogen-bond donors (Lipinski definition) is 2. The Hall–Kier alpha value is -3.91. The van der Waals surface area contributed by atoms with Gasteiger partial charge in [0.05, 0.1) is 19.8 Å². The van der Waals surface area contributed by atoms with Gasteiger partial charge in [0, 0.05) is 16.3 Å². The van der Waals surface area contributed by atoms with Gasteiger partial charge in [-0.05, 0) is 55.0 Å². The molecule has 1 aliphatic heterocycles. The predicted octanol–water partition coefficient (Wildman–Crippen LogP) is 4.34. The molecule has 1 aliphatic rings. The Bertz CT molecular complexity index is 1230. The van der Waals surface area contributed by atoms with Crippen molar-refractivity contribution in [2.45, 2.75) is 13.1 Å². The van der Waals surface area contributed by atoms with Crippen LogP contribution in [0.1, 0.15) is 27.7 Å². The number of fused-ring (bicyclic) bond motifs is 1. The van der Waals surface area contributed by atoms with E-state index >= 15 is 0 Å². The fraction of sp³-hybridized carbons (Fsp3) is 0.200. The van der Waals surface area contributed by atoms with Gasteiger partial charge in [0.2, 0.25) is 0 Å². The molecule has 4 rings (SSSR count). The number of hydrogen-bond acceptors (Lipinski definition) is 6. The SMILES string of the molecule is COc1ccc(C2Nc3ccc(Cl)cc3C(=O)N2NC(=O)COc2cccc(C)c2)cc1OC. The van der Waals surface area contributed by atoms with Crippen LogP contribution in [0.25, 0.3) is 0 Å². The molecule has 9 heteroatoms. The van der Waals surface area contributed by atoms with Crippen LogP contribution in [0.2, 0.25) is 5.02 Å². The van der Waals surface area contributed by atoms with Crippen molar-refractivity contribution in [2.75, 3.05) is 26.1 Å². The van der Waals surface area contributed by atoms with Crippen LogP contribution < -0.4 is 25.0 Å². The van der Waals surface area contributed by atoms with Gasteiger partial charge < -0.3 is 19.5 Å². The van der Waals surface area contributed by atoms with Gasteiger partial charge in [-0.1, -0.05) is 29.8 Å². The van der Waals surface area contributed by atoms with E-state index in [1.807, 2.05) is 25.1 Å². The van der Waals surface area contributed by atoms with Crippen LogP contribution in [-0.2, 0) is 4.79 Å². The third kappa shape index (κ3) is 4.87. The predicted molar refractivity (Wildman–Crippen MR) is 128 cm³/mol. The van der Waals surface area contributed by atoms with E-state index in [1.54, 1.807) is 49.6 Å². The zero-order valence-electron chi connectivity index (χ0n) is 18.9. The Kier molecular flexibility index (Phi) is 6.79. The molecule has 0 fully saturated rings. The van der Waals surface area contributed by atoms with Crippen molar-refractivity contribution in [1.82, 2.24) is 10.4 Å². The van der Waals surface area contributed by atoms with Gasteiger partial charge in [0.1, 0.15) is 11.9 Å². The summed E-state index contributed by atoms with van der Waals surface area (Å²) < 4.78 is 16.3. The molecule has 0 saturated carbocycles. The van der Waals surface area contributed by atoms with E-state index in [-0.39, 0.29) is 6.61 Å². The minimum Gasteiger partial charge on any atom is -0.493 e. The summed E-state index contributed by atoms with van der Waals surface area (Å²) in [6.07, 6.45) is -0.719. The van der Waals surface area contributed by atoms with Gasteiger partial charge in [-0.3, -0.25) is 15.0 Å². The minimum atomic E-state index is -0.719. The lowest BCUT2D eigenvalue weighted by molar-refractivity contribution is -0.127. The molecule has 0 radical (unpaired) electrons. The molecule has 0 bridgehead atoms. The third-order valence-electron chi connectivity index (χ3n) is 5.31. The third-order valence-corrected chi connectivity index (χ3v) is 5.54. The number of hydrazine groups is 1. The van der Waals surface area contributed by atoms with E-state index in [9.17, 15) is 9.59 Å². The minimum absolute atomic E-state index is 0.270. The Morgan fingerprint density at radius 2 is 1.85 bits per heavy atom. The van der Waals surface area contributed by atoms with Gasteiger partial charge >= 0.3 is 0 Å². The van der Waals surface area contributed by atoms with Crippen LogP contribution in [0, 0.1) is 6.92 Å². The average Bonchev–Trinajstić information content (AvgIpc) is 2.84. The summed E-state index contributed by atoms with van der Waals surface area (Å²) in [7, 11) is 3.07. The molecule has 8 nitrogen and oxygen atoms in total. The number of nitrogens with zero attached hydrogens (tertiary/aromatic N) is 1. The van der Waals surface area contributed by atoms with Crippen molar-refractivity contribution < 1.29 is 23.8 Å². The lowest BCUT2D eigenvalue weighted by Crippen LogP contribution is -2.53. The highest BCUT2D eigenvalue weighted by molar-refractivity contribution is 6.31. The second-order valence-electron chi connectivity index (χ2n) is 7.67. The first-order valence-electron chi connectivity index (χ1n) is 10.5. The molecule has 2 amide bonds. The van der Waals surface area contributed by atoms with E-state index in [2.05, 4.69) is 10.7 Å². The van der Waals surface area contributed by atoms with Crippen LogP contribution in [0.4, 0.5) is 5.69 Å². The summed E-state index contributed by atoms with van der Waals surface area (Å²) in [4.78, 5) is 26.2. The van der Waals surface area contributed by atoms with E-state index in [4.69, 9.17) is 25.8 Å². The zero-order chi connectivity index (χ0) is 24.2. The van der Waals surface area contributed by atoms with Crippen LogP contribution in [0.15, 0.2) is 60.7 Å². The number of anilines is 1. The average molecular weight is 482 g/mol. The highest BCUT2D eigenvalue weighted by Gasteiger charge is 2.35. The summed E-state index contributed by atoms with van der Waals surface area (Å²) in [6, 6.07) is 17.6. The molecule has 0 aromatic heterocycles. The number of methoxy groups -OCH3 is 2. The van der Waals surface area contributed by atoms with Crippen molar-refractivity contribution in [2.24, 2.45) is 0 Å². The molecule has 0 spiro atoms. The van der Waals surface area contributed by atoms with Crippen molar-refractivity contribution in [3.05, 3.63) is 82.4 Å². The highest BCUT2D eigenvalue weighted by Crippen LogP contribution is 2.36. The maximum Gasteiger partial charge on any atom is 0.276 e. The molecule has 2 N–H and O–H groups in total. The summed E-state index contributed by atoms with van der Waals surface area (Å²) in [6.45, 7) is 1.66. The molecule has 176 valence electrons. The van der Waals surface area contributed by atoms with Crippen LogP contribution in [0.3, 0.4) is 0 Å². The Morgan fingerprint density at radius 1 is 1.06 bits per heavy atom. The van der Waals surface area contributed by atoms with Crippen molar-refractivity contribution >= 4 is 29.1 Å². The molecule has 0 saturated heterocycles. The monoisotopic (exact) mass is 481 g/mol. The number of rotatable bonds is 7. The Morgan fingerprint density at radius 3 is 2.59 bits per heavy atom. The van der Waals surface area contributed by atoms with Gasteiger partial charge in [-0.2, -0.15) is 0 Å². The second kappa shape index (κ2) is 9.93. The maximum absolute atomic E-state index is 13.4. The molecule has 3 aromatic carbocycles. The molecule has 1 unspecified atom stereocenters. The Labute approximate surface area is 202 Å². The molecule has 0 aliphatic carbocycles. The topological polar surface area (TPSA) is 89.1 Å². The smallest absolute Gasteiger partial charge is 0.276 e. The molecular formula is C25H24ClN3O5. The zero-order valence-corrected chi connectivity index (χ0v) is 19.7. The molecule has 1 heterocycles. The number of carbonyl (C=O) groups excluding carboxylic acids is 2. The normalized spacial score (nSPS) is 14.6. The number of aryl methyl sites for hydroxylation is 1. The summed E-state index contributed by atoms with van der Waals surface area (Å²) >= 11 is 6.12. The van der Waals surface area contributed by atoms with Crippen molar-refractivity contribution in [3.63, 3.8) is 0 Å². The fourth-order valence-corrected chi connectivity index (χ4v) is 3.84. The number of halogens is 1. The molecule has 1 atom stereocenters. The van der Waals surface area contributed by atoms with Gasteiger partial charge in [-0.25, -0.2) is 5.01 Å². The standard InChI is InChI=1S/C25H24ClN3O5/c1-15-5-4-6-18(11-15)34-14-23(30)28-29-24(16-7-10-21(32-2)22(12-16)33-3)27-20-9-8-17(26)13-19(20)25(29)31/h4-13,24,27H,14H2,1-3H3,(H,28,30). The number of ether oxygens (including phenoxy) is 3. The number of amides is 2. The molecule has 34 heavy (non-hydrogen) atoms. The first-order valence-corrected chi connectivity index (χ1v) is 10.9. The summed E-state index contributed by atoms with van der Waals surface area (Å²) in [5, 5.41) is 4.92. The van der Waals surface area contributed by atoms with Gasteiger partial charge in [0.25, 0.3) is 11.8 Å². The first-order chi connectivity index (χ1) is 16.4. The highest BCUT2D eigenvalue weighted by atomic mass is 35.5. The quantitative estimate of drug-likeness (QED) is 0.521. The van der Waals surface area contributed by atoms with Gasteiger partial charge in [-0.15, -0.1) is 0 Å². The van der Waals surface area contributed by atoms with Gasteiger partial charge in [0.15, 0.2) is 18.1 Å². The van der Waals surface area contributed by atoms with Crippen LogP contribution in [0.5, 0.6) is 17.2 Å². The largest absolute Gasteiger partial charge is 0.493 e. The van der Waals surface area contributed by atoms with E-state index in [1.165, 1.54) is 12.1 Å². The molecule has 3 aromatic rings. The van der Waals surface area contributed by atoms with E-state index < -0.39 is 18.0 Å². The summed E-state index contributed by atoms with van der Waals surface area (Å²) in [5.74, 6) is 0.687. The van der Waals surface area contributed by atoms with Crippen LogP contribution in [-0.4, -0.2) is 37.6 Å². The second-order valence-corrected chi connectivity index (χ2v) is 8.10. The molecular weight excluding hydrogens is 458 g/mol. The van der Waals surface area contributed by atoms with Crippen molar-refractivity contribution in [3.8, 4) is 17.2 Å². The fourth-order valence-electron chi connectivity index (χ4n) is 3.67. The number of nitrogens with one attached hydrogen (secondary N) is 2. The van der Waals surface area contributed by atoms with E-state index in [0.717, 1.165) is 5.56 Å².